The first-order valence-corrected chi connectivity index (χ1v) is 4.56. The van der Waals surface area contributed by atoms with E-state index in [1.807, 2.05) is 0 Å². The quantitative estimate of drug-likeness (QED) is 0.654. The average Bonchev–Trinajstić information content (AvgIpc) is 2.32. The molecule has 1 saturated heterocycles. The van der Waals surface area contributed by atoms with Gasteiger partial charge in [0.2, 0.25) is 0 Å². The third-order valence-electron chi connectivity index (χ3n) is 2.13. The second-order valence-electron chi connectivity index (χ2n) is 4.68. The summed E-state index contributed by atoms with van der Waals surface area (Å²) in [6.07, 6.45) is 0.635. The Morgan fingerprint density at radius 1 is 1.50 bits per heavy atom. The lowest BCUT2D eigenvalue weighted by molar-refractivity contribution is 0.170. The maximum atomic E-state index is 13.7. The van der Waals surface area contributed by atoms with E-state index in [-0.39, 0.29) is 5.54 Å². The highest BCUT2D eigenvalue weighted by molar-refractivity contribution is 4.91. The van der Waals surface area contributed by atoms with Crippen LogP contribution in [0.5, 0.6) is 0 Å². The van der Waals surface area contributed by atoms with Gasteiger partial charge in [-0.05, 0) is 33.7 Å². The SMILES string of the molecule is CC(C)(C)NCC1(F)CCNC1. The summed E-state index contributed by atoms with van der Waals surface area (Å²) in [4.78, 5) is 0. The predicted octanol–water partition coefficient (Wildman–Crippen LogP) is 1.08. The first-order valence-electron chi connectivity index (χ1n) is 4.56. The van der Waals surface area contributed by atoms with Gasteiger partial charge >= 0.3 is 0 Å². The number of hydrogen-bond donors (Lipinski definition) is 2. The lowest BCUT2D eigenvalue weighted by atomic mass is 10.0. The van der Waals surface area contributed by atoms with Crippen molar-refractivity contribution in [3.05, 3.63) is 0 Å². The smallest absolute Gasteiger partial charge is 0.136 e. The van der Waals surface area contributed by atoms with Crippen molar-refractivity contribution in [1.29, 1.82) is 0 Å². The molecule has 0 amide bonds. The van der Waals surface area contributed by atoms with Crippen LogP contribution in [0.2, 0.25) is 0 Å². The first kappa shape index (κ1) is 9.93. The van der Waals surface area contributed by atoms with Gasteiger partial charge in [-0.2, -0.15) is 0 Å². The summed E-state index contributed by atoms with van der Waals surface area (Å²) in [5, 5.41) is 6.22. The lowest BCUT2D eigenvalue weighted by Gasteiger charge is -2.26. The van der Waals surface area contributed by atoms with Crippen molar-refractivity contribution in [3.63, 3.8) is 0 Å². The minimum atomic E-state index is -1.02. The molecule has 1 heterocycles. The van der Waals surface area contributed by atoms with Crippen molar-refractivity contribution >= 4 is 0 Å². The van der Waals surface area contributed by atoms with Crippen molar-refractivity contribution in [3.8, 4) is 0 Å². The fourth-order valence-electron chi connectivity index (χ4n) is 1.29. The summed E-state index contributed by atoms with van der Waals surface area (Å²) in [5.41, 5.74) is -1.01. The molecule has 2 N–H and O–H groups in total. The van der Waals surface area contributed by atoms with Crippen molar-refractivity contribution < 1.29 is 4.39 Å². The van der Waals surface area contributed by atoms with Crippen LogP contribution in [0.1, 0.15) is 27.2 Å². The monoisotopic (exact) mass is 174 g/mol. The molecule has 3 heteroatoms. The molecule has 0 aromatic carbocycles. The van der Waals surface area contributed by atoms with Crippen LogP contribution in [-0.2, 0) is 0 Å². The van der Waals surface area contributed by atoms with Crippen LogP contribution in [0, 0.1) is 0 Å². The molecule has 0 radical (unpaired) electrons. The maximum Gasteiger partial charge on any atom is 0.136 e. The molecule has 0 aromatic heterocycles. The standard InChI is InChI=1S/C9H19FN2/c1-8(2,3)12-7-9(10)4-5-11-6-9/h11-12H,4-7H2,1-3H3. The molecule has 1 aliphatic heterocycles. The molecule has 2 nitrogen and oxygen atoms in total. The number of alkyl halides is 1. The van der Waals surface area contributed by atoms with E-state index in [0.717, 1.165) is 6.54 Å². The second kappa shape index (κ2) is 3.30. The Labute approximate surface area is 73.9 Å². The van der Waals surface area contributed by atoms with E-state index in [1.54, 1.807) is 0 Å². The normalized spacial score (nSPS) is 31.0. The third kappa shape index (κ3) is 3.07. The van der Waals surface area contributed by atoms with Crippen LogP contribution in [0.25, 0.3) is 0 Å². The molecule has 1 aliphatic rings. The van der Waals surface area contributed by atoms with Crippen LogP contribution in [0.3, 0.4) is 0 Å². The second-order valence-corrected chi connectivity index (χ2v) is 4.68. The first-order chi connectivity index (χ1) is 5.41. The summed E-state index contributed by atoms with van der Waals surface area (Å²) in [7, 11) is 0. The van der Waals surface area contributed by atoms with E-state index >= 15 is 0 Å². The molecule has 1 fully saturated rings. The summed E-state index contributed by atoms with van der Waals surface area (Å²) in [5.74, 6) is 0. The molecule has 0 spiro atoms. The van der Waals surface area contributed by atoms with E-state index in [0.29, 0.717) is 19.5 Å². The van der Waals surface area contributed by atoms with Gasteiger partial charge in [0.1, 0.15) is 5.67 Å². The lowest BCUT2D eigenvalue weighted by Crippen LogP contribution is -2.46. The Morgan fingerprint density at radius 2 is 2.17 bits per heavy atom. The Morgan fingerprint density at radius 3 is 2.58 bits per heavy atom. The fraction of sp³-hybridized carbons (Fsp3) is 1.00. The van der Waals surface area contributed by atoms with E-state index in [4.69, 9.17) is 0 Å². The highest BCUT2D eigenvalue weighted by Crippen LogP contribution is 2.19. The van der Waals surface area contributed by atoms with Crippen molar-refractivity contribution in [2.75, 3.05) is 19.6 Å². The largest absolute Gasteiger partial charge is 0.313 e. The van der Waals surface area contributed by atoms with Crippen molar-refractivity contribution in [2.24, 2.45) is 0 Å². The van der Waals surface area contributed by atoms with Gasteiger partial charge in [0.15, 0.2) is 0 Å². The number of rotatable bonds is 2. The molecule has 12 heavy (non-hydrogen) atoms. The van der Waals surface area contributed by atoms with Gasteiger partial charge in [0, 0.05) is 18.6 Å². The average molecular weight is 174 g/mol. The molecule has 1 rings (SSSR count). The molecule has 1 atom stereocenters. The minimum Gasteiger partial charge on any atom is -0.313 e. The molecule has 0 aromatic rings. The van der Waals surface area contributed by atoms with Gasteiger partial charge in [-0.15, -0.1) is 0 Å². The molecular formula is C9H19FN2. The Bertz CT molecular complexity index is 145. The number of halogens is 1. The van der Waals surface area contributed by atoms with Gasteiger partial charge in [-0.3, -0.25) is 0 Å². The zero-order valence-electron chi connectivity index (χ0n) is 8.21. The van der Waals surface area contributed by atoms with E-state index < -0.39 is 5.67 Å². The molecule has 0 saturated carbocycles. The summed E-state index contributed by atoms with van der Waals surface area (Å²) in [6, 6.07) is 0. The third-order valence-corrected chi connectivity index (χ3v) is 2.13. The zero-order chi connectivity index (χ0) is 9.24. The number of hydrogen-bond acceptors (Lipinski definition) is 2. The van der Waals surface area contributed by atoms with Crippen LogP contribution in [-0.4, -0.2) is 30.8 Å². The van der Waals surface area contributed by atoms with Gasteiger partial charge < -0.3 is 10.6 Å². The van der Waals surface area contributed by atoms with E-state index in [9.17, 15) is 4.39 Å². The van der Waals surface area contributed by atoms with Crippen LogP contribution >= 0.6 is 0 Å². The number of nitrogens with one attached hydrogen (secondary N) is 2. The molecule has 72 valence electrons. The van der Waals surface area contributed by atoms with Gasteiger partial charge in [0.25, 0.3) is 0 Å². The topological polar surface area (TPSA) is 24.1 Å². The summed E-state index contributed by atoms with van der Waals surface area (Å²) < 4.78 is 13.7. The Balaban J connectivity index is 2.30. The van der Waals surface area contributed by atoms with E-state index in [2.05, 4.69) is 31.4 Å². The fourth-order valence-corrected chi connectivity index (χ4v) is 1.29. The maximum absolute atomic E-state index is 13.7. The molecule has 1 unspecified atom stereocenters. The highest BCUT2D eigenvalue weighted by Gasteiger charge is 2.34. The Hall–Kier alpha value is -0.150. The van der Waals surface area contributed by atoms with E-state index in [1.165, 1.54) is 0 Å². The van der Waals surface area contributed by atoms with Gasteiger partial charge in [-0.1, -0.05) is 0 Å². The highest BCUT2D eigenvalue weighted by atomic mass is 19.1. The summed E-state index contributed by atoms with van der Waals surface area (Å²) in [6.45, 7) is 7.93. The molecule has 0 aliphatic carbocycles. The Kier molecular flexibility index (Phi) is 2.74. The molecular weight excluding hydrogens is 155 g/mol. The van der Waals surface area contributed by atoms with Crippen LogP contribution in [0.4, 0.5) is 4.39 Å². The minimum absolute atomic E-state index is 0.0156. The van der Waals surface area contributed by atoms with Crippen LogP contribution < -0.4 is 10.6 Å². The predicted molar refractivity (Wildman–Crippen MR) is 49.1 cm³/mol. The zero-order valence-corrected chi connectivity index (χ0v) is 8.21. The van der Waals surface area contributed by atoms with Gasteiger partial charge in [0.05, 0.1) is 0 Å². The van der Waals surface area contributed by atoms with Crippen LogP contribution in [0.15, 0.2) is 0 Å². The molecule has 0 bridgehead atoms. The van der Waals surface area contributed by atoms with Gasteiger partial charge in [-0.25, -0.2) is 4.39 Å². The summed E-state index contributed by atoms with van der Waals surface area (Å²) >= 11 is 0. The van der Waals surface area contributed by atoms with Crippen molar-refractivity contribution in [2.45, 2.75) is 38.4 Å². The van der Waals surface area contributed by atoms with Crippen molar-refractivity contribution in [1.82, 2.24) is 10.6 Å².